The van der Waals surface area contributed by atoms with Crippen LogP contribution in [-0.2, 0) is 9.59 Å². The van der Waals surface area contributed by atoms with Crippen LogP contribution in [-0.4, -0.2) is 47.8 Å². The van der Waals surface area contributed by atoms with Crippen LogP contribution in [0, 0.1) is 0 Å². The fourth-order valence-electron chi connectivity index (χ4n) is 4.06. The number of nitrogens with zero attached hydrogens (tertiary/aromatic N) is 2. The summed E-state index contributed by atoms with van der Waals surface area (Å²) in [7, 11) is 0. The molecule has 1 heterocycles. The molecular formula is C24H30N2O2. The molecule has 0 spiro atoms. The van der Waals surface area contributed by atoms with E-state index in [-0.39, 0.29) is 23.7 Å². The first-order valence-corrected chi connectivity index (χ1v) is 10.3. The van der Waals surface area contributed by atoms with E-state index in [4.69, 9.17) is 0 Å². The van der Waals surface area contributed by atoms with Gasteiger partial charge in [-0.3, -0.25) is 9.59 Å². The molecular weight excluding hydrogens is 348 g/mol. The van der Waals surface area contributed by atoms with E-state index in [1.165, 1.54) is 0 Å². The fraction of sp³-hybridized carbons (Fsp3) is 0.417. The summed E-state index contributed by atoms with van der Waals surface area (Å²) in [6.45, 7) is 6.55. The Labute approximate surface area is 168 Å². The number of hydrogen-bond acceptors (Lipinski definition) is 2. The van der Waals surface area contributed by atoms with Crippen LogP contribution in [0.15, 0.2) is 60.7 Å². The molecule has 2 aromatic carbocycles. The zero-order valence-electron chi connectivity index (χ0n) is 16.9. The summed E-state index contributed by atoms with van der Waals surface area (Å²) in [4.78, 5) is 29.9. The summed E-state index contributed by atoms with van der Waals surface area (Å²) in [6.07, 6.45) is 1.57. The summed E-state index contributed by atoms with van der Waals surface area (Å²) in [5.74, 6) is 0.152. The Kier molecular flexibility index (Phi) is 6.85. The lowest BCUT2D eigenvalue weighted by atomic mass is 9.94. The van der Waals surface area contributed by atoms with E-state index < -0.39 is 0 Å². The standard InChI is InChI=1S/C24H30N2O2/c1-3-21(19-11-7-5-8-12-19)23(27)25-15-17-26(18-16-25)24(28)22(4-2)20-13-9-6-10-14-20/h5-14,21-22H,3-4,15-18H2,1-2H3/t21-,22+. The van der Waals surface area contributed by atoms with Gasteiger partial charge in [-0.15, -0.1) is 0 Å². The molecule has 1 saturated heterocycles. The second-order valence-corrected chi connectivity index (χ2v) is 7.39. The third-order valence-electron chi connectivity index (χ3n) is 5.72. The van der Waals surface area contributed by atoms with E-state index >= 15 is 0 Å². The van der Waals surface area contributed by atoms with Crippen molar-refractivity contribution in [3.8, 4) is 0 Å². The molecule has 4 heteroatoms. The highest BCUT2D eigenvalue weighted by molar-refractivity contribution is 5.85. The van der Waals surface area contributed by atoms with Gasteiger partial charge in [-0.1, -0.05) is 74.5 Å². The predicted octanol–water partition coefficient (Wildman–Crippen LogP) is 4.04. The number of rotatable bonds is 6. The van der Waals surface area contributed by atoms with Crippen LogP contribution in [0.3, 0.4) is 0 Å². The smallest absolute Gasteiger partial charge is 0.230 e. The largest absolute Gasteiger partial charge is 0.339 e. The quantitative estimate of drug-likeness (QED) is 0.761. The van der Waals surface area contributed by atoms with Crippen molar-refractivity contribution in [3.05, 3.63) is 71.8 Å². The summed E-state index contributed by atoms with van der Waals surface area (Å²) in [5, 5.41) is 0. The maximum atomic E-state index is 13.0. The van der Waals surface area contributed by atoms with Crippen LogP contribution >= 0.6 is 0 Å². The molecule has 2 amide bonds. The molecule has 148 valence electrons. The Balaban J connectivity index is 1.62. The normalized spacial score (nSPS) is 16.5. The molecule has 4 nitrogen and oxygen atoms in total. The van der Waals surface area contributed by atoms with Crippen LogP contribution in [0.2, 0.25) is 0 Å². The molecule has 0 bridgehead atoms. The van der Waals surface area contributed by atoms with Gasteiger partial charge in [0.25, 0.3) is 0 Å². The average Bonchev–Trinajstić information content (AvgIpc) is 2.76. The van der Waals surface area contributed by atoms with Gasteiger partial charge in [0.05, 0.1) is 11.8 Å². The zero-order chi connectivity index (χ0) is 19.9. The van der Waals surface area contributed by atoms with Crippen LogP contribution in [0.5, 0.6) is 0 Å². The molecule has 0 radical (unpaired) electrons. The molecule has 28 heavy (non-hydrogen) atoms. The first-order valence-electron chi connectivity index (χ1n) is 10.3. The van der Waals surface area contributed by atoms with E-state index in [9.17, 15) is 9.59 Å². The Hall–Kier alpha value is -2.62. The molecule has 0 aliphatic carbocycles. The highest BCUT2D eigenvalue weighted by atomic mass is 16.2. The lowest BCUT2D eigenvalue weighted by Gasteiger charge is -2.37. The lowest BCUT2D eigenvalue weighted by molar-refractivity contribution is -0.141. The number of carbonyl (C=O) groups excluding carboxylic acids is 2. The Morgan fingerprint density at radius 3 is 1.29 bits per heavy atom. The number of piperazine rings is 1. The van der Waals surface area contributed by atoms with Crippen molar-refractivity contribution in [2.75, 3.05) is 26.2 Å². The second kappa shape index (κ2) is 9.54. The van der Waals surface area contributed by atoms with E-state index in [0.717, 1.165) is 24.0 Å². The van der Waals surface area contributed by atoms with Gasteiger partial charge in [0.2, 0.25) is 11.8 Å². The van der Waals surface area contributed by atoms with Gasteiger partial charge in [0.15, 0.2) is 0 Å². The maximum absolute atomic E-state index is 13.0. The Bertz CT molecular complexity index is 700. The predicted molar refractivity (Wildman–Crippen MR) is 112 cm³/mol. The Morgan fingerprint density at radius 2 is 1.00 bits per heavy atom. The molecule has 2 atom stereocenters. The Morgan fingerprint density at radius 1 is 0.679 bits per heavy atom. The van der Waals surface area contributed by atoms with Crippen LogP contribution in [0.1, 0.15) is 49.7 Å². The summed E-state index contributed by atoms with van der Waals surface area (Å²) < 4.78 is 0. The number of hydrogen-bond donors (Lipinski definition) is 0. The van der Waals surface area contributed by atoms with Crippen LogP contribution in [0.25, 0.3) is 0 Å². The van der Waals surface area contributed by atoms with Gasteiger partial charge < -0.3 is 9.80 Å². The lowest BCUT2D eigenvalue weighted by Crippen LogP contribution is -2.52. The minimum Gasteiger partial charge on any atom is -0.339 e. The van der Waals surface area contributed by atoms with Crippen molar-refractivity contribution < 1.29 is 9.59 Å². The number of benzene rings is 2. The molecule has 0 N–H and O–H groups in total. The van der Waals surface area contributed by atoms with E-state index in [2.05, 4.69) is 13.8 Å². The number of amides is 2. The van der Waals surface area contributed by atoms with Crippen molar-refractivity contribution in [1.29, 1.82) is 0 Å². The molecule has 1 aliphatic heterocycles. The molecule has 1 fully saturated rings. The monoisotopic (exact) mass is 378 g/mol. The first kappa shape index (κ1) is 20.1. The average molecular weight is 379 g/mol. The highest BCUT2D eigenvalue weighted by Crippen LogP contribution is 2.25. The van der Waals surface area contributed by atoms with Crippen molar-refractivity contribution in [1.82, 2.24) is 9.80 Å². The third kappa shape index (κ3) is 4.44. The summed E-state index contributed by atoms with van der Waals surface area (Å²) in [5.41, 5.74) is 2.15. The summed E-state index contributed by atoms with van der Waals surface area (Å²) in [6, 6.07) is 20.0. The van der Waals surface area contributed by atoms with Crippen molar-refractivity contribution in [2.24, 2.45) is 0 Å². The minimum atomic E-state index is -0.101. The van der Waals surface area contributed by atoms with Gasteiger partial charge in [-0.05, 0) is 24.0 Å². The van der Waals surface area contributed by atoms with Crippen molar-refractivity contribution >= 4 is 11.8 Å². The minimum absolute atomic E-state index is 0.101. The number of carbonyl (C=O) groups is 2. The van der Waals surface area contributed by atoms with Crippen molar-refractivity contribution in [3.63, 3.8) is 0 Å². The van der Waals surface area contributed by atoms with Gasteiger partial charge in [0, 0.05) is 26.2 Å². The maximum Gasteiger partial charge on any atom is 0.230 e. The highest BCUT2D eigenvalue weighted by Gasteiger charge is 2.31. The molecule has 3 rings (SSSR count). The van der Waals surface area contributed by atoms with Gasteiger partial charge in [-0.25, -0.2) is 0 Å². The first-order chi connectivity index (χ1) is 13.7. The van der Waals surface area contributed by atoms with Crippen LogP contribution in [0.4, 0.5) is 0 Å². The molecule has 0 unspecified atom stereocenters. The van der Waals surface area contributed by atoms with Crippen LogP contribution < -0.4 is 0 Å². The fourth-order valence-corrected chi connectivity index (χ4v) is 4.06. The van der Waals surface area contributed by atoms with Crippen molar-refractivity contribution in [2.45, 2.75) is 38.5 Å². The molecule has 2 aromatic rings. The molecule has 0 saturated carbocycles. The van der Waals surface area contributed by atoms with E-state index in [1.54, 1.807) is 0 Å². The SMILES string of the molecule is CC[C@H](C(=O)N1CCN(C(=O)[C@H](CC)c2ccccc2)CC1)c1ccccc1. The molecule has 1 aliphatic rings. The summed E-state index contributed by atoms with van der Waals surface area (Å²) >= 11 is 0. The van der Waals surface area contributed by atoms with Gasteiger partial charge in [0.1, 0.15) is 0 Å². The van der Waals surface area contributed by atoms with E-state index in [0.29, 0.717) is 26.2 Å². The topological polar surface area (TPSA) is 40.6 Å². The molecule has 0 aromatic heterocycles. The van der Waals surface area contributed by atoms with E-state index in [1.807, 2.05) is 70.5 Å². The second-order valence-electron chi connectivity index (χ2n) is 7.39. The van der Waals surface area contributed by atoms with Gasteiger partial charge in [-0.2, -0.15) is 0 Å². The third-order valence-corrected chi connectivity index (χ3v) is 5.72. The zero-order valence-corrected chi connectivity index (χ0v) is 16.9. The van der Waals surface area contributed by atoms with Gasteiger partial charge >= 0.3 is 0 Å².